The summed E-state index contributed by atoms with van der Waals surface area (Å²) in [5.74, 6) is 0. The zero-order valence-electron chi connectivity index (χ0n) is 7.34. The maximum absolute atomic E-state index is 10.3. The van der Waals surface area contributed by atoms with E-state index in [1.807, 2.05) is 5.43 Å². The molecular weight excluding hydrogens is 184 g/mol. The number of rotatable bonds is 3. The predicted molar refractivity (Wildman–Crippen MR) is 50.5 cm³/mol. The van der Waals surface area contributed by atoms with Crippen molar-refractivity contribution < 1.29 is 9.90 Å². The molecule has 1 aromatic rings. The Morgan fingerprint density at radius 2 is 2.57 bits per heavy atom. The minimum absolute atomic E-state index is 0.133. The SMILES string of the molecule is NC(=O)NN=Cc1ncccc1CO. The first-order valence-corrected chi connectivity index (χ1v) is 3.87. The maximum Gasteiger partial charge on any atom is 0.332 e. The van der Waals surface area contributed by atoms with Gasteiger partial charge in [-0.3, -0.25) is 4.98 Å². The van der Waals surface area contributed by atoms with Gasteiger partial charge < -0.3 is 10.8 Å². The first-order valence-electron chi connectivity index (χ1n) is 3.87. The molecule has 6 heteroatoms. The van der Waals surface area contributed by atoms with Crippen molar-refractivity contribution in [2.24, 2.45) is 10.8 Å². The van der Waals surface area contributed by atoms with E-state index in [2.05, 4.69) is 10.1 Å². The first-order chi connectivity index (χ1) is 6.74. The zero-order chi connectivity index (χ0) is 10.4. The van der Waals surface area contributed by atoms with E-state index in [1.54, 1.807) is 18.3 Å². The second-order valence-electron chi connectivity index (χ2n) is 2.44. The number of primary amides is 1. The summed E-state index contributed by atoms with van der Waals surface area (Å²) in [6, 6.07) is 2.66. The molecule has 0 unspecified atom stereocenters. The van der Waals surface area contributed by atoms with Crippen LogP contribution in [-0.4, -0.2) is 22.3 Å². The number of nitrogens with two attached hydrogens (primary N) is 1. The van der Waals surface area contributed by atoms with Gasteiger partial charge in [-0.05, 0) is 6.07 Å². The van der Waals surface area contributed by atoms with E-state index in [0.717, 1.165) is 0 Å². The van der Waals surface area contributed by atoms with E-state index in [0.29, 0.717) is 11.3 Å². The number of urea groups is 1. The molecule has 1 aromatic heterocycles. The number of carbonyl (C=O) groups is 1. The summed E-state index contributed by atoms with van der Waals surface area (Å²) in [4.78, 5) is 14.2. The van der Waals surface area contributed by atoms with Gasteiger partial charge >= 0.3 is 6.03 Å². The van der Waals surface area contributed by atoms with Crippen molar-refractivity contribution in [3.63, 3.8) is 0 Å². The Labute approximate surface area is 80.5 Å². The lowest BCUT2D eigenvalue weighted by Gasteiger charge is -1.99. The Morgan fingerprint density at radius 3 is 3.21 bits per heavy atom. The van der Waals surface area contributed by atoms with Crippen LogP contribution in [0.25, 0.3) is 0 Å². The van der Waals surface area contributed by atoms with Crippen LogP contribution in [0.2, 0.25) is 0 Å². The highest BCUT2D eigenvalue weighted by atomic mass is 16.3. The molecular formula is C8H10N4O2. The van der Waals surface area contributed by atoms with Crippen molar-refractivity contribution >= 4 is 12.2 Å². The average Bonchev–Trinajstić information content (AvgIpc) is 2.18. The highest BCUT2D eigenvalue weighted by Gasteiger charge is 1.97. The second kappa shape index (κ2) is 4.93. The molecule has 4 N–H and O–H groups in total. The van der Waals surface area contributed by atoms with E-state index >= 15 is 0 Å². The summed E-state index contributed by atoms with van der Waals surface area (Å²) in [6.45, 7) is -0.133. The van der Waals surface area contributed by atoms with Crippen LogP contribution >= 0.6 is 0 Å². The maximum atomic E-state index is 10.3. The Balaban J connectivity index is 2.75. The van der Waals surface area contributed by atoms with Crippen molar-refractivity contribution in [1.82, 2.24) is 10.4 Å². The molecule has 14 heavy (non-hydrogen) atoms. The van der Waals surface area contributed by atoms with Gasteiger partial charge in [-0.2, -0.15) is 5.10 Å². The fraction of sp³-hybridized carbons (Fsp3) is 0.125. The van der Waals surface area contributed by atoms with E-state index in [4.69, 9.17) is 10.8 Å². The van der Waals surface area contributed by atoms with Crippen LogP contribution in [0.3, 0.4) is 0 Å². The van der Waals surface area contributed by atoms with Gasteiger partial charge in [-0.15, -0.1) is 0 Å². The Bertz CT molecular complexity index is 351. The summed E-state index contributed by atoms with van der Waals surface area (Å²) in [5, 5.41) is 12.4. The standard InChI is InChI=1S/C8H10N4O2/c9-8(14)12-11-4-7-6(5-13)2-1-3-10-7/h1-4,13H,5H2,(H3,9,12,14). The lowest BCUT2D eigenvalue weighted by atomic mass is 10.2. The van der Waals surface area contributed by atoms with Crippen molar-refractivity contribution in [2.75, 3.05) is 0 Å². The smallest absolute Gasteiger partial charge is 0.332 e. The number of amides is 2. The Hall–Kier alpha value is -1.95. The molecule has 0 radical (unpaired) electrons. The molecule has 0 saturated carbocycles. The van der Waals surface area contributed by atoms with Gasteiger partial charge in [0.25, 0.3) is 0 Å². The van der Waals surface area contributed by atoms with Crippen LogP contribution in [0.15, 0.2) is 23.4 Å². The minimum Gasteiger partial charge on any atom is -0.392 e. The third kappa shape index (κ3) is 2.83. The molecule has 74 valence electrons. The molecule has 0 bridgehead atoms. The molecule has 0 aliphatic rings. The number of hydrogen-bond acceptors (Lipinski definition) is 4. The minimum atomic E-state index is -0.747. The zero-order valence-corrected chi connectivity index (χ0v) is 7.34. The fourth-order valence-electron chi connectivity index (χ4n) is 0.858. The number of aliphatic hydroxyl groups is 1. The van der Waals surface area contributed by atoms with Crippen molar-refractivity contribution in [1.29, 1.82) is 0 Å². The molecule has 1 rings (SSSR count). The van der Waals surface area contributed by atoms with E-state index in [1.165, 1.54) is 6.21 Å². The van der Waals surface area contributed by atoms with Gasteiger partial charge in [0, 0.05) is 11.8 Å². The van der Waals surface area contributed by atoms with Gasteiger partial charge in [0.05, 0.1) is 18.5 Å². The quantitative estimate of drug-likeness (QED) is 0.449. The topological polar surface area (TPSA) is 101 Å². The number of aromatic nitrogens is 1. The summed E-state index contributed by atoms with van der Waals surface area (Å²) >= 11 is 0. The number of carbonyl (C=O) groups excluding carboxylic acids is 1. The number of aliphatic hydroxyl groups excluding tert-OH is 1. The molecule has 0 fully saturated rings. The van der Waals surface area contributed by atoms with Gasteiger partial charge in [-0.1, -0.05) is 6.07 Å². The van der Waals surface area contributed by atoms with Gasteiger partial charge in [0.15, 0.2) is 0 Å². The third-order valence-corrected chi connectivity index (χ3v) is 1.46. The summed E-state index contributed by atoms with van der Waals surface area (Å²) < 4.78 is 0. The van der Waals surface area contributed by atoms with E-state index in [-0.39, 0.29) is 6.61 Å². The van der Waals surface area contributed by atoms with Crippen LogP contribution in [0.4, 0.5) is 4.79 Å². The van der Waals surface area contributed by atoms with Crippen molar-refractivity contribution in [3.8, 4) is 0 Å². The molecule has 1 heterocycles. The van der Waals surface area contributed by atoms with Crippen LogP contribution in [0.1, 0.15) is 11.3 Å². The van der Waals surface area contributed by atoms with Crippen LogP contribution in [0.5, 0.6) is 0 Å². The predicted octanol–water partition coefficient (Wildman–Crippen LogP) is -0.424. The van der Waals surface area contributed by atoms with Crippen LogP contribution in [0, 0.1) is 0 Å². The van der Waals surface area contributed by atoms with Gasteiger partial charge in [-0.25, -0.2) is 10.2 Å². The van der Waals surface area contributed by atoms with Crippen LogP contribution in [-0.2, 0) is 6.61 Å². The monoisotopic (exact) mass is 194 g/mol. The van der Waals surface area contributed by atoms with Crippen molar-refractivity contribution in [2.45, 2.75) is 6.61 Å². The lowest BCUT2D eigenvalue weighted by Crippen LogP contribution is -2.24. The van der Waals surface area contributed by atoms with Crippen LogP contribution < -0.4 is 11.2 Å². The summed E-state index contributed by atoms with van der Waals surface area (Å²) in [6.07, 6.45) is 2.88. The molecule has 0 aliphatic heterocycles. The lowest BCUT2D eigenvalue weighted by molar-refractivity contribution is 0.249. The third-order valence-electron chi connectivity index (χ3n) is 1.46. The molecule has 0 atom stereocenters. The second-order valence-corrected chi connectivity index (χ2v) is 2.44. The number of nitrogens with one attached hydrogen (secondary N) is 1. The Kier molecular flexibility index (Phi) is 3.57. The summed E-state index contributed by atoms with van der Waals surface area (Å²) in [5.41, 5.74) is 7.94. The number of hydrazone groups is 1. The number of hydrogen-bond donors (Lipinski definition) is 3. The molecule has 6 nitrogen and oxygen atoms in total. The molecule has 0 saturated heterocycles. The van der Waals surface area contributed by atoms with E-state index in [9.17, 15) is 4.79 Å². The molecule has 0 spiro atoms. The molecule has 0 aliphatic carbocycles. The average molecular weight is 194 g/mol. The van der Waals surface area contributed by atoms with E-state index < -0.39 is 6.03 Å². The van der Waals surface area contributed by atoms with Crippen molar-refractivity contribution in [3.05, 3.63) is 29.6 Å². The largest absolute Gasteiger partial charge is 0.392 e. The fourth-order valence-corrected chi connectivity index (χ4v) is 0.858. The van der Waals surface area contributed by atoms with Gasteiger partial charge in [0.2, 0.25) is 0 Å². The number of pyridine rings is 1. The molecule has 0 aromatic carbocycles. The highest BCUT2D eigenvalue weighted by molar-refractivity contribution is 5.80. The number of nitrogens with zero attached hydrogens (tertiary/aromatic N) is 2. The highest BCUT2D eigenvalue weighted by Crippen LogP contribution is 2.01. The molecule has 2 amide bonds. The summed E-state index contributed by atoms with van der Waals surface area (Å²) in [7, 11) is 0. The van der Waals surface area contributed by atoms with Gasteiger partial charge in [0.1, 0.15) is 0 Å². The normalized spacial score (nSPS) is 10.4. The first kappa shape index (κ1) is 10.1. The Morgan fingerprint density at radius 1 is 1.79 bits per heavy atom.